The molecule has 1 saturated heterocycles. The molecule has 0 unspecified atom stereocenters. The van der Waals surface area contributed by atoms with Crippen molar-refractivity contribution in [2.75, 3.05) is 31.6 Å². The molecule has 13 heteroatoms. The van der Waals surface area contributed by atoms with Gasteiger partial charge in [0.15, 0.2) is 0 Å². The van der Waals surface area contributed by atoms with Crippen molar-refractivity contribution in [2.45, 2.75) is 60.3 Å². The maximum absolute atomic E-state index is 10.0. The number of H-pyrrole nitrogens is 2. The van der Waals surface area contributed by atoms with E-state index in [1.54, 1.807) is 24.3 Å². The SMILES string of the molecule is C.Cc1ccc2[nH]c(-c3ccc(OCc4ccccc4)cc3)c(Cl)c2c1.Cc1ccc2[nH]c(-c3ccc(OCc4ccccc4)cc3)cc2c1.ClCCl.Oc1ccc(-c2c(Cl)c3cc(O)ccc3n2Cc2ccc(OCCN3CCCCC3)cc2)cc1. The summed E-state index contributed by atoms with van der Waals surface area (Å²) >= 11 is 22.9. The van der Waals surface area contributed by atoms with E-state index in [0.717, 1.165) is 95.5 Å². The third kappa shape index (κ3) is 16.8. The molecule has 0 spiro atoms. The number of rotatable bonds is 15. The summed E-state index contributed by atoms with van der Waals surface area (Å²) in [4.78, 5) is 9.36. The first-order valence-electron chi connectivity index (χ1n) is 28.8. The molecule has 0 saturated carbocycles. The van der Waals surface area contributed by atoms with Crippen LogP contribution >= 0.6 is 46.4 Å². The number of aryl methyl sites for hydroxylation is 2. The van der Waals surface area contributed by atoms with Gasteiger partial charge >= 0.3 is 0 Å². The quantitative estimate of drug-likeness (QED) is 0.0762. The number of aromatic amines is 2. The van der Waals surface area contributed by atoms with Crippen LogP contribution in [0.15, 0.2) is 218 Å². The number of phenolic OH excluding ortho intramolecular Hbond substituents is 2. The summed E-state index contributed by atoms with van der Waals surface area (Å²) < 4.78 is 19.8. The highest BCUT2D eigenvalue weighted by molar-refractivity contribution is 6.40. The number of phenols is 2. The fourth-order valence-corrected chi connectivity index (χ4v) is 11.2. The molecular weight excluding hydrogens is 1170 g/mol. The highest BCUT2D eigenvalue weighted by Gasteiger charge is 2.19. The zero-order valence-corrected chi connectivity index (χ0v) is 51.1. The second-order valence-electron chi connectivity index (χ2n) is 21.2. The van der Waals surface area contributed by atoms with E-state index in [1.165, 1.54) is 59.9 Å². The number of aromatic nitrogens is 3. The maximum Gasteiger partial charge on any atom is 0.119 e. The minimum absolute atomic E-state index is 0. The molecule has 446 valence electrons. The summed E-state index contributed by atoms with van der Waals surface area (Å²) in [5.41, 5.74) is 15.1. The summed E-state index contributed by atoms with van der Waals surface area (Å²) in [6, 6.07) is 72.0. The Hall–Kier alpha value is -8.28. The largest absolute Gasteiger partial charge is 0.508 e. The number of likely N-dealkylation sites (tertiary alicyclic amines) is 1. The number of hydrogen-bond acceptors (Lipinski definition) is 6. The molecular formula is C74H72Cl4N4O5. The summed E-state index contributed by atoms with van der Waals surface area (Å²) in [5, 5.41) is 24.4. The van der Waals surface area contributed by atoms with Crippen molar-refractivity contribution < 1.29 is 24.4 Å². The Kier molecular flexibility index (Phi) is 22.4. The zero-order valence-electron chi connectivity index (χ0n) is 48.1. The second kappa shape index (κ2) is 30.9. The Morgan fingerprint density at radius 1 is 0.483 bits per heavy atom. The number of ether oxygens (including phenoxy) is 3. The first-order valence-corrected chi connectivity index (χ1v) is 30.6. The molecule has 4 N–H and O–H groups in total. The van der Waals surface area contributed by atoms with E-state index >= 15 is 0 Å². The van der Waals surface area contributed by atoms with E-state index in [2.05, 4.69) is 124 Å². The van der Waals surface area contributed by atoms with Gasteiger partial charge in [0.1, 0.15) is 48.6 Å². The van der Waals surface area contributed by atoms with Crippen molar-refractivity contribution in [3.8, 4) is 62.5 Å². The number of nitrogens with zero attached hydrogens (tertiary/aromatic N) is 2. The number of fused-ring (bicyclic) bond motifs is 3. The van der Waals surface area contributed by atoms with E-state index in [4.69, 9.17) is 60.6 Å². The molecule has 3 aromatic heterocycles. The van der Waals surface area contributed by atoms with Crippen molar-refractivity contribution in [2.24, 2.45) is 0 Å². The second-order valence-corrected chi connectivity index (χ2v) is 22.8. The fraction of sp³-hybridized carbons (Fsp3) is 0.189. The van der Waals surface area contributed by atoms with Crippen LogP contribution in [0.25, 0.3) is 66.5 Å². The van der Waals surface area contributed by atoms with Crippen LogP contribution in [0.1, 0.15) is 54.5 Å². The first-order chi connectivity index (χ1) is 42.0. The molecule has 0 bridgehead atoms. The topological polar surface area (TPSA) is 108 Å². The molecule has 0 atom stereocenters. The Bertz CT molecular complexity index is 4090. The summed E-state index contributed by atoms with van der Waals surface area (Å²) in [6.07, 6.45) is 3.92. The van der Waals surface area contributed by atoms with Crippen LogP contribution < -0.4 is 14.2 Å². The number of benzene rings is 9. The lowest BCUT2D eigenvalue weighted by atomic mass is 10.1. The van der Waals surface area contributed by atoms with Gasteiger partial charge in [0.2, 0.25) is 0 Å². The van der Waals surface area contributed by atoms with Crippen molar-refractivity contribution in [1.82, 2.24) is 19.4 Å². The molecule has 87 heavy (non-hydrogen) atoms. The molecule has 13 rings (SSSR count). The predicted molar refractivity (Wildman–Crippen MR) is 364 cm³/mol. The average Bonchev–Trinajstić information content (AvgIpc) is 1.76. The highest BCUT2D eigenvalue weighted by Crippen LogP contribution is 2.41. The van der Waals surface area contributed by atoms with Gasteiger partial charge in [0.25, 0.3) is 0 Å². The molecule has 1 aliphatic rings. The molecule has 9 aromatic carbocycles. The van der Waals surface area contributed by atoms with Crippen LogP contribution in [-0.4, -0.2) is 61.2 Å². The van der Waals surface area contributed by atoms with E-state index in [0.29, 0.717) is 31.4 Å². The number of aromatic hydroxyl groups is 2. The maximum atomic E-state index is 10.0. The summed E-state index contributed by atoms with van der Waals surface area (Å²) in [5.74, 6) is 2.98. The van der Waals surface area contributed by atoms with Gasteiger partial charge in [-0.15, -0.1) is 23.2 Å². The Balaban J connectivity index is 0.000000154. The van der Waals surface area contributed by atoms with Crippen molar-refractivity contribution in [3.05, 3.63) is 256 Å². The van der Waals surface area contributed by atoms with Crippen LogP contribution in [0, 0.1) is 13.8 Å². The average molecular weight is 1240 g/mol. The Morgan fingerprint density at radius 2 is 1.02 bits per heavy atom. The fourth-order valence-electron chi connectivity index (χ4n) is 10.5. The summed E-state index contributed by atoms with van der Waals surface area (Å²) in [6.45, 7) is 9.97. The van der Waals surface area contributed by atoms with Gasteiger partial charge in [-0.05, 0) is 207 Å². The molecule has 1 aliphatic heterocycles. The Morgan fingerprint density at radius 3 is 1.64 bits per heavy atom. The molecule has 4 heterocycles. The number of halogens is 4. The lowest BCUT2D eigenvalue weighted by Gasteiger charge is -2.26. The van der Waals surface area contributed by atoms with Gasteiger partial charge in [-0.2, -0.15) is 0 Å². The predicted octanol–water partition coefficient (Wildman–Crippen LogP) is 20.4. The normalized spacial score (nSPS) is 12.0. The van der Waals surface area contributed by atoms with Crippen LogP contribution in [0.3, 0.4) is 0 Å². The zero-order chi connectivity index (χ0) is 59.8. The monoisotopic (exact) mass is 1240 g/mol. The minimum Gasteiger partial charge on any atom is -0.508 e. The van der Waals surface area contributed by atoms with Gasteiger partial charge in [-0.3, -0.25) is 4.90 Å². The van der Waals surface area contributed by atoms with Gasteiger partial charge in [-0.25, -0.2) is 0 Å². The van der Waals surface area contributed by atoms with Gasteiger partial charge in [-0.1, -0.05) is 133 Å². The third-order valence-corrected chi connectivity index (χ3v) is 15.8. The van der Waals surface area contributed by atoms with Crippen LogP contribution in [0.2, 0.25) is 10.0 Å². The van der Waals surface area contributed by atoms with Crippen molar-refractivity contribution in [1.29, 1.82) is 0 Å². The molecule has 0 amide bonds. The van der Waals surface area contributed by atoms with Gasteiger partial charge in [0.05, 0.1) is 32.3 Å². The molecule has 0 radical (unpaired) electrons. The first kappa shape index (κ1) is 63.2. The molecule has 0 aliphatic carbocycles. The summed E-state index contributed by atoms with van der Waals surface area (Å²) in [7, 11) is 0. The number of hydrogen-bond donors (Lipinski definition) is 4. The van der Waals surface area contributed by atoms with Crippen LogP contribution in [-0.2, 0) is 19.8 Å². The number of piperidine rings is 1. The molecule has 1 fully saturated rings. The molecule has 9 nitrogen and oxygen atoms in total. The number of alkyl halides is 2. The molecule has 12 aromatic rings. The van der Waals surface area contributed by atoms with Gasteiger partial charge < -0.3 is 39.0 Å². The standard InChI is InChI=1S/C28H29ClN2O3.C22H18ClNO.C22H19NO.CH2Cl2.CH4/c29-27-25-18-23(33)10-13-26(25)31(28(27)21-6-8-22(32)9-7-21)19-20-4-11-24(12-5-20)34-17-16-30-14-2-1-3-15-30;1-15-7-12-20-19(13-15)21(23)22(24-20)17-8-10-18(11-9-17)25-14-16-5-3-2-4-6-16;1-16-7-12-21-19(13-16)14-22(23-21)18-8-10-20(11-9-18)24-15-17-5-3-2-4-6-17;2-1-3;/h4-13,18,32-33H,1-3,14-17,19H2;2-13,24H,14H2,1H3;2-14,23H,15H2,1H3;1H2;1H4. The Labute approximate surface area is 530 Å². The minimum atomic E-state index is 0. The van der Waals surface area contributed by atoms with Gasteiger partial charge in [0, 0.05) is 46.0 Å². The van der Waals surface area contributed by atoms with E-state index in [1.807, 2.05) is 103 Å². The smallest absolute Gasteiger partial charge is 0.119 e. The van der Waals surface area contributed by atoms with E-state index < -0.39 is 0 Å². The van der Waals surface area contributed by atoms with Crippen molar-refractivity contribution in [3.63, 3.8) is 0 Å². The number of nitrogens with one attached hydrogen (secondary N) is 2. The third-order valence-electron chi connectivity index (χ3n) is 15.0. The van der Waals surface area contributed by atoms with Crippen LogP contribution in [0.4, 0.5) is 0 Å². The van der Waals surface area contributed by atoms with Crippen molar-refractivity contribution >= 4 is 79.1 Å². The highest BCUT2D eigenvalue weighted by atomic mass is 35.5. The van der Waals surface area contributed by atoms with Crippen LogP contribution in [0.5, 0.6) is 28.7 Å². The lowest BCUT2D eigenvalue weighted by Crippen LogP contribution is -2.33. The van der Waals surface area contributed by atoms with E-state index in [9.17, 15) is 10.2 Å². The van der Waals surface area contributed by atoms with E-state index in [-0.39, 0.29) is 24.3 Å². The lowest BCUT2D eigenvalue weighted by molar-refractivity contribution is 0.183.